The fourth-order valence-corrected chi connectivity index (χ4v) is 1.99. The molecular weight excluding hydrogens is 226 g/mol. The molecule has 1 aromatic rings. The van der Waals surface area contributed by atoms with E-state index in [2.05, 4.69) is 10.5 Å². The number of rotatable bonds is 7. The lowest BCUT2D eigenvalue weighted by molar-refractivity contribution is -0.115. The first-order chi connectivity index (χ1) is 7.72. The van der Waals surface area contributed by atoms with E-state index in [1.54, 1.807) is 24.8 Å². The lowest BCUT2D eigenvalue weighted by atomic mass is 10.4. The standard InChI is InChI=1S/C10H17N3O2S/c1-8-7-9(13-15-8)12-10(14)3-6-16-5-2-4-11/h7H,2-6,11H2,1H3,(H,12,13,14). The van der Waals surface area contributed by atoms with Crippen molar-refractivity contribution in [3.8, 4) is 0 Å². The van der Waals surface area contributed by atoms with Crippen molar-refractivity contribution in [2.24, 2.45) is 5.73 Å². The van der Waals surface area contributed by atoms with Crippen LogP contribution in [0.15, 0.2) is 10.6 Å². The molecule has 5 nitrogen and oxygen atoms in total. The Morgan fingerprint density at radius 1 is 1.62 bits per heavy atom. The van der Waals surface area contributed by atoms with Crippen LogP contribution in [-0.4, -0.2) is 29.1 Å². The maximum Gasteiger partial charge on any atom is 0.226 e. The minimum Gasteiger partial charge on any atom is -0.360 e. The van der Waals surface area contributed by atoms with Crippen LogP contribution in [0.5, 0.6) is 0 Å². The molecule has 1 aromatic heterocycles. The molecule has 90 valence electrons. The summed E-state index contributed by atoms with van der Waals surface area (Å²) in [6.07, 6.45) is 1.48. The number of hydrogen-bond donors (Lipinski definition) is 2. The van der Waals surface area contributed by atoms with Gasteiger partial charge in [0, 0.05) is 18.2 Å². The summed E-state index contributed by atoms with van der Waals surface area (Å²) < 4.78 is 4.84. The van der Waals surface area contributed by atoms with Gasteiger partial charge in [0.2, 0.25) is 5.91 Å². The molecule has 16 heavy (non-hydrogen) atoms. The molecule has 0 aromatic carbocycles. The van der Waals surface area contributed by atoms with Gasteiger partial charge < -0.3 is 15.6 Å². The summed E-state index contributed by atoms with van der Waals surface area (Å²) >= 11 is 1.74. The Labute approximate surface area is 99.1 Å². The average molecular weight is 243 g/mol. The SMILES string of the molecule is Cc1cc(NC(=O)CCSCCCN)no1. The molecule has 0 fully saturated rings. The van der Waals surface area contributed by atoms with Crippen LogP contribution in [-0.2, 0) is 4.79 Å². The van der Waals surface area contributed by atoms with Crippen molar-refractivity contribution < 1.29 is 9.32 Å². The predicted octanol–water partition coefficient (Wildman–Crippen LogP) is 1.39. The lowest BCUT2D eigenvalue weighted by Crippen LogP contribution is -2.12. The van der Waals surface area contributed by atoms with Crippen molar-refractivity contribution in [2.75, 3.05) is 23.4 Å². The van der Waals surface area contributed by atoms with E-state index in [0.717, 1.165) is 17.9 Å². The highest BCUT2D eigenvalue weighted by Gasteiger charge is 2.05. The van der Waals surface area contributed by atoms with Gasteiger partial charge in [-0.3, -0.25) is 4.79 Å². The predicted molar refractivity (Wildman–Crippen MR) is 65.5 cm³/mol. The van der Waals surface area contributed by atoms with Gasteiger partial charge in [-0.2, -0.15) is 11.8 Å². The molecule has 1 rings (SSSR count). The second kappa shape index (κ2) is 7.29. The van der Waals surface area contributed by atoms with Crippen molar-refractivity contribution in [1.29, 1.82) is 0 Å². The van der Waals surface area contributed by atoms with Gasteiger partial charge in [-0.1, -0.05) is 5.16 Å². The molecule has 1 amide bonds. The molecule has 0 saturated carbocycles. The topological polar surface area (TPSA) is 81.2 Å². The first-order valence-electron chi connectivity index (χ1n) is 5.23. The second-order valence-corrected chi connectivity index (χ2v) is 4.60. The van der Waals surface area contributed by atoms with Crippen LogP contribution in [0.4, 0.5) is 5.82 Å². The lowest BCUT2D eigenvalue weighted by Gasteiger charge is -2.01. The van der Waals surface area contributed by atoms with E-state index in [1.807, 2.05) is 0 Å². The molecule has 3 N–H and O–H groups in total. The Balaban J connectivity index is 2.11. The third-order valence-electron chi connectivity index (χ3n) is 1.86. The number of carbonyl (C=O) groups is 1. The molecule has 0 spiro atoms. The molecule has 0 saturated heterocycles. The van der Waals surface area contributed by atoms with Gasteiger partial charge >= 0.3 is 0 Å². The largest absolute Gasteiger partial charge is 0.360 e. The average Bonchev–Trinajstić information content (AvgIpc) is 2.63. The molecule has 0 radical (unpaired) electrons. The highest BCUT2D eigenvalue weighted by Crippen LogP contribution is 2.09. The maximum absolute atomic E-state index is 11.4. The molecule has 1 heterocycles. The van der Waals surface area contributed by atoms with E-state index >= 15 is 0 Å². The summed E-state index contributed by atoms with van der Waals surface area (Å²) in [7, 11) is 0. The Morgan fingerprint density at radius 3 is 3.06 bits per heavy atom. The van der Waals surface area contributed by atoms with Crippen molar-refractivity contribution in [3.63, 3.8) is 0 Å². The number of nitrogens with one attached hydrogen (secondary N) is 1. The number of hydrogen-bond acceptors (Lipinski definition) is 5. The van der Waals surface area contributed by atoms with E-state index in [9.17, 15) is 4.79 Å². The van der Waals surface area contributed by atoms with Gasteiger partial charge in [0.05, 0.1) is 0 Å². The number of aryl methyl sites for hydroxylation is 1. The van der Waals surface area contributed by atoms with E-state index in [0.29, 0.717) is 24.5 Å². The summed E-state index contributed by atoms with van der Waals surface area (Å²) in [5.74, 6) is 2.95. The molecule has 0 aliphatic heterocycles. The van der Waals surface area contributed by atoms with Crippen molar-refractivity contribution in [1.82, 2.24) is 5.16 Å². The van der Waals surface area contributed by atoms with Gasteiger partial charge in [-0.05, 0) is 25.6 Å². The number of nitrogens with two attached hydrogens (primary N) is 1. The zero-order valence-electron chi connectivity index (χ0n) is 9.36. The quantitative estimate of drug-likeness (QED) is 0.707. The van der Waals surface area contributed by atoms with Gasteiger partial charge in [-0.25, -0.2) is 0 Å². The van der Waals surface area contributed by atoms with Crippen molar-refractivity contribution in [2.45, 2.75) is 19.8 Å². The van der Waals surface area contributed by atoms with Gasteiger partial charge in [0.25, 0.3) is 0 Å². The highest BCUT2D eigenvalue weighted by atomic mass is 32.2. The third kappa shape index (κ3) is 5.18. The molecule has 0 bridgehead atoms. The van der Waals surface area contributed by atoms with E-state index in [4.69, 9.17) is 10.3 Å². The van der Waals surface area contributed by atoms with Gasteiger partial charge in [0.1, 0.15) is 5.76 Å². The minimum absolute atomic E-state index is 0.0338. The van der Waals surface area contributed by atoms with Crippen LogP contribution in [0.3, 0.4) is 0 Å². The highest BCUT2D eigenvalue weighted by molar-refractivity contribution is 7.99. The number of carbonyl (C=O) groups excluding carboxylic acids is 1. The summed E-state index contributed by atoms with van der Waals surface area (Å²) in [5.41, 5.74) is 5.36. The molecule has 0 unspecified atom stereocenters. The van der Waals surface area contributed by atoms with Crippen LogP contribution in [0.2, 0.25) is 0 Å². The summed E-state index contributed by atoms with van der Waals surface area (Å²) in [5, 5.41) is 6.35. The second-order valence-electron chi connectivity index (χ2n) is 3.38. The number of thioether (sulfide) groups is 1. The van der Waals surface area contributed by atoms with Crippen LogP contribution < -0.4 is 11.1 Å². The molecule has 0 aliphatic rings. The monoisotopic (exact) mass is 243 g/mol. The number of amides is 1. The molecule has 0 atom stereocenters. The zero-order chi connectivity index (χ0) is 11.8. The molecule has 0 aliphatic carbocycles. The van der Waals surface area contributed by atoms with Crippen LogP contribution >= 0.6 is 11.8 Å². The zero-order valence-corrected chi connectivity index (χ0v) is 10.2. The maximum atomic E-state index is 11.4. The Hall–Kier alpha value is -1.01. The van der Waals surface area contributed by atoms with E-state index in [-0.39, 0.29) is 5.91 Å². The minimum atomic E-state index is -0.0338. The smallest absolute Gasteiger partial charge is 0.226 e. The van der Waals surface area contributed by atoms with Crippen molar-refractivity contribution >= 4 is 23.5 Å². The molecule has 6 heteroatoms. The Kier molecular flexibility index (Phi) is 5.95. The van der Waals surface area contributed by atoms with Crippen LogP contribution in [0.25, 0.3) is 0 Å². The fraction of sp³-hybridized carbons (Fsp3) is 0.600. The van der Waals surface area contributed by atoms with E-state index < -0.39 is 0 Å². The Morgan fingerprint density at radius 2 is 2.44 bits per heavy atom. The summed E-state index contributed by atoms with van der Waals surface area (Å²) in [6, 6.07) is 1.69. The summed E-state index contributed by atoms with van der Waals surface area (Å²) in [4.78, 5) is 11.4. The van der Waals surface area contributed by atoms with E-state index in [1.165, 1.54) is 0 Å². The normalized spacial score (nSPS) is 10.4. The van der Waals surface area contributed by atoms with Gasteiger partial charge in [-0.15, -0.1) is 0 Å². The molecular formula is C10H17N3O2S. The number of anilines is 1. The Bertz CT molecular complexity index is 328. The van der Waals surface area contributed by atoms with Crippen LogP contribution in [0.1, 0.15) is 18.6 Å². The van der Waals surface area contributed by atoms with Crippen LogP contribution in [0, 0.1) is 6.92 Å². The number of aromatic nitrogens is 1. The first kappa shape index (κ1) is 13.1. The number of nitrogens with zero attached hydrogens (tertiary/aromatic N) is 1. The van der Waals surface area contributed by atoms with Crippen molar-refractivity contribution in [3.05, 3.63) is 11.8 Å². The third-order valence-corrected chi connectivity index (χ3v) is 2.93. The van der Waals surface area contributed by atoms with Gasteiger partial charge in [0.15, 0.2) is 5.82 Å². The first-order valence-corrected chi connectivity index (χ1v) is 6.39. The summed E-state index contributed by atoms with van der Waals surface area (Å²) in [6.45, 7) is 2.49. The fourth-order valence-electron chi connectivity index (χ4n) is 1.08.